The lowest BCUT2D eigenvalue weighted by Gasteiger charge is -2.26. The smallest absolute Gasteiger partial charge is 0.408 e. The highest BCUT2D eigenvalue weighted by Gasteiger charge is 2.38. The summed E-state index contributed by atoms with van der Waals surface area (Å²) in [7, 11) is 1.64. The second kappa shape index (κ2) is 9.59. The summed E-state index contributed by atoms with van der Waals surface area (Å²) in [5, 5.41) is 27.7. The minimum atomic E-state index is -1.93. The number of carbonyl (C=O) groups is 3. The molecular formula is C25H26N4O6. The largest absolute Gasteiger partial charge is 0.479 e. The van der Waals surface area contributed by atoms with Gasteiger partial charge in [0.15, 0.2) is 5.54 Å². The van der Waals surface area contributed by atoms with Gasteiger partial charge in [-0.15, -0.1) is 0 Å². The number of hydrogen-bond donors (Lipinski definition) is 4. The van der Waals surface area contributed by atoms with E-state index in [1.807, 2.05) is 48.5 Å². The lowest BCUT2D eigenvalue weighted by molar-refractivity contribution is -0.149. The number of nitrogens with zero attached hydrogens (tertiary/aromatic N) is 2. The van der Waals surface area contributed by atoms with Gasteiger partial charge in [-0.25, -0.2) is 9.59 Å². The number of aliphatic hydroxyl groups excluding tert-OH is 1. The van der Waals surface area contributed by atoms with Crippen LogP contribution in [0.15, 0.2) is 60.9 Å². The SMILES string of the molecule is Cn1cc(C(NC(=O)OCC2c3ccccc3-c3ccccc32)C(=O)NC(C)(CO)C(=O)O)cn1. The predicted octanol–water partition coefficient (Wildman–Crippen LogP) is 1.95. The van der Waals surface area contributed by atoms with Gasteiger partial charge in [-0.1, -0.05) is 48.5 Å². The van der Waals surface area contributed by atoms with E-state index in [1.54, 1.807) is 7.05 Å². The number of aromatic nitrogens is 2. The van der Waals surface area contributed by atoms with Gasteiger partial charge in [0.25, 0.3) is 0 Å². The predicted molar refractivity (Wildman–Crippen MR) is 125 cm³/mol. The van der Waals surface area contributed by atoms with Crippen LogP contribution in [0, 0.1) is 0 Å². The summed E-state index contributed by atoms with van der Waals surface area (Å²) >= 11 is 0. The topological polar surface area (TPSA) is 143 Å². The summed E-state index contributed by atoms with van der Waals surface area (Å²) < 4.78 is 6.97. The number of carboxylic acid groups (broad SMARTS) is 1. The van der Waals surface area contributed by atoms with E-state index in [0.717, 1.165) is 22.3 Å². The Kier molecular flexibility index (Phi) is 6.57. The van der Waals surface area contributed by atoms with Crippen molar-refractivity contribution in [1.82, 2.24) is 20.4 Å². The number of fused-ring (bicyclic) bond motifs is 3. The van der Waals surface area contributed by atoms with E-state index >= 15 is 0 Å². The molecule has 0 bridgehead atoms. The molecule has 0 aliphatic heterocycles. The van der Waals surface area contributed by atoms with E-state index < -0.39 is 36.2 Å². The second-order valence-corrected chi connectivity index (χ2v) is 8.63. The Labute approximate surface area is 201 Å². The van der Waals surface area contributed by atoms with Crippen molar-refractivity contribution in [3.05, 3.63) is 77.6 Å². The zero-order chi connectivity index (χ0) is 25.2. The third-order valence-corrected chi connectivity index (χ3v) is 6.11. The first-order chi connectivity index (χ1) is 16.7. The summed E-state index contributed by atoms with van der Waals surface area (Å²) in [5.74, 6) is -2.41. The van der Waals surface area contributed by atoms with E-state index in [1.165, 1.54) is 24.0 Å². The van der Waals surface area contributed by atoms with Crippen LogP contribution in [0.2, 0.25) is 0 Å². The van der Waals surface area contributed by atoms with Crippen molar-refractivity contribution in [3.8, 4) is 11.1 Å². The van der Waals surface area contributed by atoms with Gasteiger partial charge in [-0.3, -0.25) is 9.48 Å². The Morgan fingerprint density at radius 2 is 1.71 bits per heavy atom. The quantitative estimate of drug-likeness (QED) is 0.388. The highest BCUT2D eigenvalue weighted by Crippen LogP contribution is 2.44. The van der Waals surface area contributed by atoms with E-state index in [2.05, 4.69) is 15.7 Å². The van der Waals surface area contributed by atoms with E-state index in [0.29, 0.717) is 5.56 Å². The average Bonchev–Trinajstić information content (AvgIpc) is 3.42. The molecule has 1 aliphatic carbocycles. The zero-order valence-electron chi connectivity index (χ0n) is 19.3. The highest BCUT2D eigenvalue weighted by molar-refractivity contribution is 5.92. The number of amides is 2. The van der Waals surface area contributed by atoms with E-state index in [4.69, 9.17) is 4.74 Å². The summed E-state index contributed by atoms with van der Waals surface area (Å²) in [5.41, 5.74) is 2.65. The number of aliphatic hydroxyl groups is 1. The second-order valence-electron chi connectivity index (χ2n) is 8.63. The van der Waals surface area contributed by atoms with Crippen LogP contribution in [0.1, 0.15) is 35.6 Å². The van der Waals surface area contributed by atoms with Crippen molar-refractivity contribution in [2.24, 2.45) is 7.05 Å². The molecule has 1 aliphatic rings. The first-order valence-electron chi connectivity index (χ1n) is 11.0. The third-order valence-electron chi connectivity index (χ3n) is 6.11. The number of carboxylic acids is 1. The number of ether oxygens (including phenoxy) is 1. The van der Waals surface area contributed by atoms with Gasteiger partial charge in [0.2, 0.25) is 5.91 Å². The van der Waals surface area contributed by atoms with Crippen LogP contribution < -0.4 is 10.6 Å². The van der Waals surface area contributed by atoms with Crippen molar-refractivity contribution < 1.29 is 29.3 Å². The van der Waals surface area contributed by atoms with Gasteiger partial charge >= 0.3 is 12.1 Å². The van der Waals surface area contributed by atoms with Gasteiger partial charge in [-0.05, 0) is 29.2 Å². The first-order valence-corrected chi connectivity index (χ1v) is 11.0. The van der Waals surface area contributed by atoms with Gasteiger partial charge in [-0.2, -0.15) is 5.10 Å². The number of benzene rings is 2. The molecule has 0 spiro atoms. The zero-order valence-corrected chi connectivity index (χ0v) is 19.3. The third kappa shape index (κ3) is 4.73. The monoisotopic (exact) mass is 478 g/mol. The lowest BCUT2D eigenvalue weighted by Crippen LogP contribution is -2.57. The molecule has 2 amide bonds. The fraction of sp³-hybridized carbons (Fsp3) is 0.280. The van der Waals surface area contributed by atoms with Crippen molar-refractivity contribution in [2.75, 3.05) is 13.2 Å². The Balaban J connectivity index is 1.50. The van der Waals surface area contributed by atoms with Gasteiger partial charge in [0.05, 0.1) is 12.8 Å². The van der Waals surface area contributed by atoms with Gasteiger partial charge in [0, 0.05) is 24.7 Å². The molecule has 4 N–H and O–H groups in total. The highest BCUT2D eigenvalue weighted by atomic mass is 16.5. The Hall–Kier alpha value is -4.18. The summed E-state index contributed by atoms with van der Waals surface area (Å²) in [6, 6.07) is 14.5. The maximum absolute atomic E-state index is 13.0. The Morgan fingerprint density at radius 3 is 2.23 bits per heavy atom. The molecule has 2 atom stereocenters. The van der Waals surface area contributed by atoms with Crippen molar-refractivity contribution in [2.45, 2.75) is 24.4 Å². The number of rotatable bonds is 8. The van der Waals surface area contributed by atoms with Crippen LogP contribution >= 0.6 is 0 Å². The number of nitrogens with one attached hydrogen (secondary N) is 2. The minimum absolute atomic E-state index is 0.0463. The minimum Gasteiger partial charge on any atom is -0.479 e. The molecule has 0 saturated carbocycles. The molecule has 3 aromatic rings. The molecule has 2 aromatic carbocycles. The van der Waals surface area contributed by atoms with Crippen molar-refractivity contribution in [3.63, 3.8) is 0 Å². The molecule has 0 fully saturated rings. The molecule has 35 heavy (non-hydrogen) atoms. The van der Waals surface area contributed by atoms with Crippen molar-refractivity contribution >= 4 is 18.0 Å². The van der Waals surface area contributed by atoms with Crippen LogP contribution in [0.3, 0.4) is 0 Å². The number of aliphatic carboxylic acids is 1. The summed E-state index contributed by atoms with van der Waals surface area (Å²) in [6.07, 6.45) is 2.05. The molecule has 4 rings (SSSR count). The maximum atomic E-state index is 13.0. The number of hydrogen-bond acceptors (Lipinski definition) is 6. The lowest BCUT2D eigenvalue weighted by atomic mass is 9.98. The van der Waals surface area contributed by atoms with Crippen LogP contribution in [0.5, 0.6) is 0 Å². The Morgan fingerprint density at radius 1 is 1.11 bits per heavy atom. The van der Waals surface area contributed by atoms with Gasteiger partial charge in [0.1, 0.15) is 12.6 Å². The molecule has 0 saturated heterocycles. The summed E-state index contributed by atoms with van der Waals surface area (Å²) in [6.45, 7) is 0.379. The number of carbonyl (C=O) groups excluding carboxylic acids is 2. The normalized spacial score (nSPS) is 14.8. The molecule has 10 nitrogen and oxygen atoms in total. The molecule has 182 valence electrons. The number of alkyl carbamates (subject to hydrolysis) is 1. The fourth-order valence-corrected chi connectivity index (χ4v) is 4.15. The maximum Gasteiger partial charge on any atom is 0.408 e. The molecular weight excluding hydrogens is 452 g/mol. The van der Waals surface area contributed by atoms with Crippen LogP contribution in [0.4, 0.5) is 4.79 Å². The van der Waals surface area contributed by atoms with E-state index in [9.17, 15) is 24.6 Å². The number of aryl methyl sites for hydroxylation is 1. The van der Waals surface area contributed by atoms with Gasteiger partial charge < -0.3 is 25.6 Å². The standard InChI is InChI=1S/C25H26N4O6/c1-25(14-30,23(32)33)28-22(31)21(15-11-26-29(2)12-15)27-24(34)35-13-20-18-9-5-3-7-16(18)17-8-4-6-10-19(17)20/h3-12,20-21,30H,13-14H2,1-2H3,(H,27,34)(H,28,31)(H,32,33). The first kappa shape index (κ1) is 24.0. The summed E-state index contributed by atoms with van der Waals surface area (Å²) in [4.78, 5) is 37.3. The molecule has 0 radical (unpaired) electrons. The molecule has 1 aromatic heterocycles. The van der Waals surface area contributed by atoms with Crippen LogP contribution in [-0.4, -0.2) is 56.7 Å². The molecule has 2 unspecified atom stereocenters. The average molecular weight is 479 g/mol. The molecule has 1 heterocycles. The van der Waals surface area contributed by atoms with Crippen LogP contribution in [0.25, 0.3) is 11.1 Å². The fourth-order valence-electron chi connectivity index (χ4n) is 4.15. The van der Waals surface area contributed by atoms with Crippen molar-refractivity contribution in [1.29, 1.82) is 0 Å². The van der Waals surface area contributed by atoms with E-state index in [-0.39, 0.29) is 12.5 Å². The van der Waals surface area contributed by atoms with Crippen LogP contribution in [-0.2, 0) is 21.4 Å². The molecule has 10 heteroatoms. The Bertz CT molecular complexity index is 1230.